The van der Waals surface area contributed by atoms with Gasteiger partial charge in [0.05, 0.1) is 24.4 Å². The molecule has 8 rings (SSSR count). The number of fused-ring (bicyclic) bond motifs is 3. The lowest BCUT2D eigenvalue weighted by molar-refractivity contribution is 0.0516. The molecular weight excluding hydrogens is 651 g/mol. The average molecular weight is 694 g/mol. The van der Waals surface area contributed by atoms with Gasteiger partial charge in [0.2, 0.25) is 0 Å². The first-order valence-electron chi connectivity index (χ1n) is 18.3. The highest BCUT2D eigenvalue weighted by Crippen LogP contribution is 2.47. The highest BCUT2D eigenvalue weighted by atomic mass is 16.6. The van der Waals surface area contributed by atoms with Crippen LogP contribution in [0.4, 0.5) is 4.79 Å². The predicted octanol–water partition coefficient (Wildman–Crippen LogP) is 7.50. The van der Waals surface area contributed by atoms with Crippen molar-refractivity contribution >= 4 is 17.6 Å². The van der Waals surface area contributed by atoms with Crippen molar-refractivity contribution in [2.45, 2.75) is 56.8 Å². The lowest BCUT2D eigenvalue weighted by Gasteiger charge is -2.44. The molecule has 52 heavy (non-hydrogen) atoms. The van der Waals surface area contributed by atoms with Crippen LogP contribution >= 0.6 is 0 Å². The Morgan fingerprint density at radius 2 is 1.33 bits per heavy atom. The van der Waals surface area contributed by atoms with E-state index in [1.54, 1.807) is 4.90 Å². The fraction of sp³-hybridized carbons (Fsp3) is 0.279. The molecule has 5 aromatic rings. The minimum absolute atomic E-state index is 0.00145. The minimum atomic E-state index is -0.700. The van der Waals surface area contributed by atoms with E-state index in [-0.39, 0.29) is 31.4 Å². The Morgan fingerprint density at radius 3 is 1.88 bits per heavy atom. The van der Waals surface area contributed by atoms with Crippen LogP contribution in [0.2, 0.25) is 0 Å². The van der Waals surface area contributed by atoms with E-state index < -0.39 is 11.5 Å². The number of carbonyl (C=O) groups excluding carboxylic acids is 2. The number of hydrogen-bond acceptors (Lipinski definition) is 7. The van der Waals surface area contributed by atoms with Gasteiger partial charge in [-0.3, -0.25) is 9.69 Å². The van der Waals surface area contributed by atoms with Crippen molar-refractivity contribution in [3.63, 3.8) is 0 Å². The van der Waals surface area contributed by atoms with E-state index in [9.17, 15) is 9.59 Å². The van der Waals surface area contributed by atoms with E-state index in [0.717, 1.165) is 45.5 Å². The molecule has 2 aliphatic heterocycles. The quantitative estimate of drug-likeness (QED) is 0.126. The Labute approximate surface area is 304 Å². The predicted molar refractivity (Wildman–Crippen MR) is 199 cm³/mol. The number of nitrogens with zero attached hydrogens (tertiary/aromatic N) is 4. The van der Waals surface area contributed by atoms with Gasteiger partial charge in [-0.15, -0.1) is 0 Å². The van der Waals surface area contributed by atoms with E-state index in [2.05, 4.69) is 112 Å². The Hall–Kier alpha value is -5.67. The number of carbonyl (C=O) groups is 2. The summed E-state index contributed by atoms with van der Waals surface area (Å²) in [7, 11) is 0. The summed E-state index contributed by atoms with van der Waals surface area (Å²) in [6, 6.07) is 41.6. The maximum Gasteiger partial charge on any atom is 0.410 e. The Bertz CT molecular complexity index is 1940. The monoisotopic (exact) mass is 693 g/mol. The minimum Gasteiger partial charge on any atom is -0.461 e. The summed E-state index contributed by atoms with van der Waals surface area (Å²) < 4.78 is 13.3. The van der Waals surface area contributed by atoms with Gasteiger partial charge in [-0.2, -0.15) is 5.10 Å². The van der Waals surface area contributed by atoms with Gasteiger partial charge in [0, 0.05) is 30.4 Å². The summed E-state index contributed by atoms with van der Waals surface area (Å²) in [6.07, 6.45) is 4.79. The fourth-order valence-electron chi connectivity index (χ4n) is 8.13. The molecule has 3 heterocycles. The van der Waals surface area contributed by atoms with E-state index in [1.165, 1.54) is 0 Å². The number of rotatable bonds is 9. The van der Waals surface area contributed by atoms with E-state index in [1.807, 2.05) is 37.3 Å². The summed E-state index contributed by atoms with van der Waals surface area (Å²) in [6.45, 7) is 3.41. The Kier molecular flexibility index (Phi) is 9.35. The molecular formula is C43H43N5O4. The van der Waals surface area contributed by atoms with Gasteiger partial charge in [0.1, 0.15) is 12.1 Å². The number of likely N-dealkylation sites (tertiary alicyclic amines) is 1. The van der Waals surface area contributed by atoms with Gasteiger partial charge in [-0.25, -0.2) is 15.0 Å². The lowest BCUT2D eigenvalue weighted by Crippen LogP contribution is -2.52. The smallest absolute Gasteiger partial charge is 0.410 e. The van der Waals surface area contributed by atoms with Gasteiger partial charge >= 0.3 is 12.1 Å². The van der Waals surface area contributed by atoms with Crippen molar-refractivity contribution in [1.82, 2.24) is 25.1 Å². The number of hydrazine groups is 1. The number of esters is 1. The first kappa shape index (κ1) is 33.5. The first-order chi connectivity index (χ1) is 25.6. The van der Waals surface area contributed by atoms with Crippen molar-refractivity contribution in [3.8, 4) is 0 Å². The lowest BCUT2D eigenvalue weighted by atomic mass is 9.76. The fourth-order valence-corrected chi connectivity index (χ4v) is 8.13. The molecule has 1 unspecified atom stereocenters. The second kappa shape index (κ2) is 14.5. The molecule has 1 aromatic heterocycles. The molecule has 1 N–H and O–H groups in total. The van der Waals surface area contributed by atoms with Gasteiger partial charge in [0.15, 0.2) is 5.69 Å². The molecule has 1 atom stereocenters. The third-order valence-corrected chi connectivity index (χ3v) is 10.6. The zero-order chi connectivity index (χ0) is 35.5. The van der Waals surface area contributed by atoms with Crippen LogP contribution in [-0.4, -0.2) is 57.5 Å². The first-order valence-corrected chi connectivity index (χ1v) is 18.3. The highest BCUT2D eigenvalue weighted by molar-refractivity contribution is 5.91. The van der Waals surface area contributed by atoms with E-state index in [0.29, 0.717) is 38.0 Å². The number of ether oxygens (including phenoxy) is 2. The number of piperidine rings is 1. The topological polar surface area (TPSA) is 88.9 Å². The highest BCUT2D eigenvalue weighted by Gasteiger charge is 2.47. The largest absolute Gasteiger partial charge is 0.461 e. The summed E-state index contributed by atoms with van der Waals surface area (Å²) in [5.74, 6) is -0.395. The molecule has 1 saturated heterocycles. The molecule has 0 radical (unpaired) electrons. The van der Waals surface area contributed by atoms with Crippen LogP contribution in [0.15, 0.2) is 128 Å². The molecule has 0 saturated carbocycles. The third-order valence-electron chi connectivity index (χ3n) is 10.6. The van der Waals surface area contributed by atoms with E-state index >= 15 is 0 Å². The molecule has 1 amide bonds. The summed E-state index contributed by atoms with van der Waals surface area (Å²) in [5.41, 5.74) is 11.0. The van der Waals surface area contributed by atoms with Crippen LogP contribution in [0, 0.1) is 0 Å². The van der Waals surface area contributed by atoms with Crippen LogP contribution in [-0.2, 0) is 28.0 Å². The van der Waals surface area contributed by atoms with Gasteiger partial charge in [-0.05, 0) is 54.9 Å². The number of benzene rings is 4. The molecule has 4 aromatic carbocycles. The van der Waals surface area contributed by atoms with Gasteiger partial charge in [-0.1, -0.05) is 121 Å². The second-order valence-electron chi connectivity index (χ2n) is 13.6. The molecule has 1 fully saturated rings. The van der Waals surface area contributed by atoms with Crippen LogP contribution in [0.3, 0.4) is 0 Å². The summed E-state index contributed by atoms with van der Waals surface area (Å²) >= 11 is 0. The molecule has 264 valence electrons. The van der Waals surface area contributed by atoms with Crippen molar-refractivity contribution in [2.24, 2.45) is 0 Å². The summed E-state index contributed by atoms with van der Waals surface area (Å²) in [4.78, 5) is 28.2. The zero-order valence-electron chi connectivity index (χ0n) is 29.4. The Morgan fingerprint density at radius 1 is 0.769 bits per heavy atom. The van der Waals surface area contributed by atoms with E-state index in [4.69, 9.17) is 14.6 Å². The second-order valence-corrected chi connectivity index (χ2v) is 13.6. The molecule has 3 aliphatic rings. The maximum absolute atomic E-state index is 13.4. The maximum atomic E-state index is 13.4. The van der Waals surface area contributed by atoms with Gasteiger partial charge in [0.25, 0.3) is 0 Å². The standard InChI is InChI=1S/C43H43N5O4/c1-2-51-41(49)39-36-23-24-38-37(40(36)48(45-39)35-25-27-46(28-26-35)42(50)52-30-31-15-7-3-8-16-31)29-47(44-38)43(32-17-9-4-10-18-32,33-19-11-5-12-20-33)34-21-13-6-14-22-34/h3-22,29,35,38,44H,2,23-28,30H2,1H3. The zero-order valence-corrected chi connectivity index (χ0v) is 29.4. The molecule has 0 bridgehead atoms. The number of amides is 1. The van der Waals surface area contributed by atoms with Crippen LogP contribution in [0.1, 0.15) is 76.2 Å². The molecule has 0 spiro atoms. The number of hydrogen-bond donors (Lipinski definition) is 1. The van der Waals surface area contributed by atoms with Crippen molar-refractivity contribution in [1.29, 1.82) is 0 Å². The SMILES string of the molecule is CCOC(=O)c1nn(C2CCN(C(=O)OCc3ccccc3)CC2)c2c1CCC1NN(C(c3ccccc3)(c3ccccc3)c3ccccc3)C=C21. The van der Waals surface area contributed by atoms with Crippen molar-refractivity contribution in [3.05, 3.63) is 167 Å². The molecule has 1 aliphatic carbocycles. The molecule has 9 heteroatoms. The van der Waals surface area contributed by atoms with Crippen LogP contribution in [0.25, 0.3) is 5.57 Å². The van der Waals surface area contributed by atoms with Crippen molar-refractivity contribution < 1.29 is 19.1 Å². The normalized spacial score (nSPS) is 17.2. The van der Waals surface area contributed by atoms with Crippen LogP contribution in [0.5, 0.6) is 0 Å². The summed E-state index contributed by atoms with van der Waals surface area (Å²) in [5, 5.41) is 7.29. The average Bonchev–Trinajstić information content (AvgIpc) is 3.82. The van der Waals surface area contributed by atoms with Crippen molar-refractivity contribution in [2.75, 3.05) is 19.7 Å². The number of aromatic nitrogens is 2. The number of nitrogens with one attached hydrogen (secondary N) is 1. The van der Waals surface area contributed by atoms with Gasteiger partial charge < -0.3 is 14.4 Å². The Balaban J connectivity index is 1.17. The van der Waals surface area contributed by atoms with Crippen LogP contribution < -0.4 is 5.43 Å². The molecule has 9 nitrogen and oxygen atoms in total. The third kappa shape index (κ3) is 6.05.